The van der Waals surface area contributed by atoms with Gasteiger partial charge in [0, 0.05) is 19.5 Å². The Morgan fingerprint density at radius 2 is 1.73 bits per heavy atom. The lowest BCUT2D eigenvalue weighted by Gasteiger charge is -2.12. The standard InChI is InChI=1S/C26H26ClN3O3/c1-32-23-13-6-7-14-24(23)33-18-8-17-30-22-12-5-4-11-21(22)29-25(30)15-16-28-26(31)19-9-2-3-10-20(19)27/h2-7,9-14H,8,15-18H2,1H3,(H,28,31). The van der Waals surface area contributed by atoms with Crippen molar-refractivity contribution in [3.63, 3.8) is 0 Å². The Hall–Kier alpha value is -3.51. The molecule has 0 spiro atoms. The predicted octanol–water partition coefficient (Wildman–Crippen LogP) is 5.14. The molecule has 0 bridgehead atoms. The van der Waals surface area contributed by atoms with Crippen molar-refractivity contribution in [2.45, 2.75) is 19.4 Å². The number of nitrogens with zero attached hydrogens (tertiary/aromatic N) is 2. The molecule has 0 radical (unpaired) electrons. The lowest BCUT2D eigenvalue weighted by atomic mass is 10.2. The van der Waals surface area contributed by atoms with Crippen LogP contribution in [-0.4, -0.2) is 35.7 Å². The lowest BCUT2D eigenvalue weighted by molar-refractivity contribution is 0.0954. The average molecular weight is 464 g/mol. The molecule has 0 fully saturated rings. The molecule has 0 saturated heterocycles. The number of fused-ring (bicyclic) bond motifs is 1. The highest BCUT2D eigenvalue weighted by Gasteiger charge is 2.13. The Morgan fingerprint density at radius 1 is 1.00 bits per heavy atom. The molecule has 1 aromatic heterocycles. The highest BCUT2D eigenvalue weighted by Crippen LogP contribution is 2.26. The molecule has 0 aliphatic carbocycles. The van der Waals surface area contributed by atoms with Crippen molar-refractivity contribution in [2.75, 3.05) is 20.3 Å². The highest BCUT2D eigenvalue weighted by molar-refractivity contribution is 6.33. The van der Waals surface area contributed by atoms with Gasteiger partial charge in [0.05, 0.1) is 35.3 Å². The van der Waals surface area contributed by atoms with Gasteiger partial charge in [0.1, 0.15) is 5.82 Å². The molecule has 170 valence electrons. The summed E-state index contributed by atoms with van der Waals surface area (Å²) in [6.45, 7) is 1.77. The number of benzene rings is 3. The Balaban J connectivity index is 1.39. The third-order valence-electron chi connectivity index (χ3n) is 5.34. The molecule has 0 unspecified atom stereocenters. The zero-order valence-electron chi connectivity index (χ0n) is 18.5. The van der Waals surface area contributed by atoms with Gasteiger partial charge in [0.2, 0.25) is 0 Å². The van der Waals surface area contributed by atoms with Crippen LogP contribution in [0.3, 0.4) is 0 Å². The van der Waals surface area contributed by atoms with Crippen LogP contribution in [0.15, 0.2) is 72.8 Å². The van der Waals surface area contributed by atoms with Gasteiger partial charge in [-0.1, -0.05) is 48.0 Å². The van der Waals surface area contributed by atoms with Crippen molar-refractivity contribution >= 4 is 28.5 Å². The first kappa shape index (κ1) is 22.7. The molecule has 1 amide bonds. The number of para-hydroxylation sites is 4. The number of aryl methyl sites for hydroxylation is 1. The Morgan fingerprint density at radius 3 is 2.55 bits per heavy atom. The van der Waals surface area contributed by atoms with E-state index in [0.29, 0.717) is 30.2 Å². The molecular weight excluding hydrogens is 438 g/mol. The smallest absolute Gasteiger partial charge is 0.252 e. The number of amides is 1. The van der Waals surface area contributed by atoms with E-state index in [-0.39, 0.29) is 5.91 Å². The summed E-state index contributed by atoms with van der Waals surface area (Å²) >= 11 is 6.13. The van der Waals surface area contributed by atoms with Gasteiger partial charge in [0.25, 0.3) is 5.91 Å². The summed E-state index contributed by atoms with van der Waals surface area (Å²) in [5, 5.41) is 3.39. The quantitative estimate of drug-likeness (QED) is 0.331. The van der Waals surface area contributed by atoms with Gasteiger partial charge in [0.15, 0.2) is 11.5 Å². The molecule has 0 atom stereocenters. The maximum Gasteiger partial charge on any atom is 0.252 e. The molecule has 33 heavy (non-hydrogen) atoms. The third-order valence-corrected chi connectivity index (χ3v) is 5.67. The van der Waals surface area contributed by atoms with Crippen molar-refractivity contribution in [3.05, 3.63) is 89.2 Å². The minimum atomic E-state index is -0.187. The van der Waals surface area contributed by atoms with E-state index in [1.807, 2.05) is 42.5 Å². The van der Waals surface area contributed by atoms with Crippen LogP contribution in [-0.2, 0) is 13.0 Å². The summed E-state index contributed by atoms with van der Waals surface area (Å²) in [6, 6.07) is 22.7. The Labute approximate surface area is 198 Å². The molecule has 0 aliphatic heterocycles. The average Bonchev–Trinajstić information content (AvgIpc) is 3.19. The van der Waals surface area contributed by atoms with Gasteiger partial charge in [-0.3, -0.25) is 4.79 Å². The van der Waals surface area contributed by atoms with Crippen molar-refractivity contribution < 1.29 is 14.3 Å². The summed E-state index contributed by atoms with van der Waals surface area (Å²) in [7, 11) is 1.64. The number of ether oxygens (including phenoxy) is 2. The monoisotopic (exact) mass is 463 g/mol. The van der Waals surface area contributed by atoms with Crippen molar-refractivity contribution in [2.24, 2.45) is 0 Å². The molecule has 3 aromatic carbocycles. The number of nitrogens with one attached hydrogen (secondary N) is 1. The fourth-order valence-electron chi connectivity index (χ4n) is 3.74. The number of hydrogen-bond acceptors (Lipinski definition) is 4. The van der Waals surface area contributed by atoms with E-state index in [1.54, 1.807) is 31.4 Å². The number of aromatic nitrogens is 2. The van der Waals surface area contributed by atoms with Crippen molar-refractivity contribution in [1.82, 2.24) is 14.9 Å². The van der Waals surface area contributed by atoms with Crippen molar-refractivity contribution in [3.8, 4) is 11.5 Å². The van der Waals surface area contributed by atoms with Crippen molar-refractivity contribution in [1.29, 1.82) is 0 Å². The fraction of sp³-hybridized carbons (Fsp3) is 0.231. The second-order valence-electron chi connectivity index (χ2n) is 7.51. The Bertz CT molecular complexity index is 1240. The summed E-state index contributed by atoms with van der Waals surface area (Å²) < 4.78 is 13.5. The molecule has 7 heteroatoms. The second kappa shape index (κ2) is 10.9. The molecule has 0 saturated carbocycles. The minimum absolute atomic E-state index is 0.187. The number of carbonyl (C=O) groups excluding carboxylic acids is 1. The first-order valence-corrected chi connectivity index (χ1v) is 11.3. The van der Waals surface area contributed by atoms with Crippen LogP contribution < -0.4 is 14.8 Å². The largest absolute Gasteiger partial charge is 0.493 e. The van der Waals surface area contributed by atoms with E-state index in [0.717, 1.165) is 41.3 Å². The third kappa shape index (κ3) is 5.46. The van der Waals surface area contributed by atoms with Gasteiger partial charge in [-0.2, -0.15) is 0 Å². The summed E-state index contributed by atoms with van der Waals surface area (Å²) in [5.74, 6) is 2.19. The first-order valence-electron chi connectivity index (χ1n) is 10.9. The minimum Gasteiger partial charge on any atom is -0.493 e. The van der Waals surface area contributed by atoms with E-state index < -0.39 is 0 Å². The first-order chi connectivity index (χ1) is 16.2. The zero-order valence-corrected chi connectivity index (χ0v) is 19.2. The van der Waals surface area contributed by atoms with Gasteiger partial charge in [-0.15, -0.1) is 0 Å². The number of halogens is 1. The van der Waals surface area contributed by atoms with Gasteiger partial charge in [-0.05, 0) is 42.8 Å². The van der Waals surface area contributed by atoms with Crippen LogP contribution in [0.1, 0.15) is 22.6 Å². The predicted molar refractivity (Wildman–Crippen MR) is 130 cm³/mol. The van der Waals surface area contributed by atoms with E-state index in [1.165, 1.54) is 0 Å². The zero-order chi connectivity index (χ0) is 23.0. The molecule has 1 N–H and O–H groups in total. The van der Waals surface area contributed by atoms with E-state index in [4.69, 9.17) is 26.1 Å². The van der Waals surface area contributed by atoms with Crippen LogP contribution in [0.5, 0.6) is 11.5 Å². The van der Waals surface area contributed by atoms with Gasteiger partial charge in [-0.25, -0.2) is 4.98 Å². The fourth-order valence-corrected chi connectivity index (χ4v) is 3.96. The number of methoxy groups -OCH3 is 1. The van der Waals surface area contributed by atoms with E-state index in [2.05, 4.69) is 16.0 Å². The maximum atomic E-state index is 12.5. The normalized spacial score (nSPS) is 10.8. The SMILES string of the molecule is COc1ccccc1OCCCn1c(CCNC(=O)c2ccccc2Cl)nc2ccccc21. The van der Waals surface area contributed by atoms with E-state index in [9.17, 15) is 4.79 Å². The molecular formula is C26H26ClN3O3. The van der Waals surface area contributed by atoms with Crippen LogP contribution in [0.25, 0.3) is 11.0 Å². The van der Waals surface area contributed by atoms with Crippen LogP contribution in [0, 0.1) is 0 Å². The maximum absolute atomic E-state index is 12.5. The Kier molecular flexibility index (Phi) is 7.47. The molecule has 4 rings (SSSR count). The summed E-state index contributed by atoms with van der Waals surface area (Å²) in [5.41, 5.74) is 2.49. The molecule has 1 heterocycles. The second-order valence-corrected chi connectivity index (χ2v) is 7.91. The highest BCUT2D eigenvalue weighted by atomic mass is 35.5. The molecule has 0 aliphatic rings. The number of carbonyl (C=O) groups is 1. The number of imidazole rings is 1. The summed E-state index contributed by atoms with van der Waals surface area (Å²) in [4.78, 5) is 17.3. The van der Waals surface area contributed by atoms with Gasteiger partial charge < -0.3 is 19.4 Å². The topological polar surface area (TPSA) is 65.4 Å². The van der Waals surface area contributed by atoms with Crippen LogP contribution >= 0.6 is 11.6 Å². The lowest BCUT2D eigenvalue weighted by Crippen LogP contribution is -2.26. The molecule has 6 nitrogen and oxygen atoms in total. The summed E-state index contributed by atoms with van der Waals surface area (Å²) in [6.07, 6.45) is 1.41. The van der Waals surface area contributed by atoms with E-state index >= 15 is 0 Å². The van der Waals surface area contributed by atoms with Gasteiger partial charge >= 0.3 is 0 Å². The van der Waals surface area contributed by atoms with Crippen LogP contribution in [0.4, 0.5) is 0 Å². The molecule has 4 aromatic rings. The number of rotatable bonds is 10. The number of hydrogen-bond donors (Lipinski definition) is 1. The van der Waals surface area contributed by atoms with Crippen LogP contribution in [0.2, 0.25) is 5.02 Å².